The number of hydrogen-bond donors (Lipinski definition) is 0. The molecule has 0 bridgehead atoms. The normalized spacial score (nSPS) is 18.3. The standard InChI is InChI=1S/C19H20BrNO/c1-14-7-4-5-12-21(14)19(22)16-9-6-8-15(13-16)17-10-2-3-11-18(17)20/h2-3,6,8-11,13-14H,4-5,7,12H2,1H3. The molecule has 0 aliphatic carbocycles. The summed E-state index contributed by atoms with van der Waals surface area (Å²) in [5.41, 5.74) is 2.97. The zero-order valence-electron chi connectivity index (χ0n) is 12.8. The predicted octanol–water partition coefficient (Wildman–Crippen LogP) is 5.13. The lowest BCUT2D eigenvalue weighted by atomic mass is 10.00. The maximum absolute atomic E-state index is 12.8. The first-order chi connectivity index (χ1) is 10.7. The van der Waals surface area contributed by atoms with Crippen molar-refractivity contribution in [2.45, 2.75) is 32.2 Å². The van der Waals surface area contributed by atoms with E-state index in [2.05, 4.69) is 35.0 Å². The summed E-state index contributed by atoms with van der Waals surface area (Å²) in [5.74, 6) is 0.154. The van der Waals surface area contributed by atoms with E-state index in [0.29, 0.717) is 6.04 Å². The maximum atomic E-state index is 12.8. The van der Waals surface area contributed by atoms with Crippen molar-refractivity contribution < 1.29 is 4.79 Å². The van der Waals surface area contributed by atoms with Crippen molar-refractivity contribution in [2.24, 2.45) is 0 Å². The Labute approximate surface area is 140 Å². The number of nitrogens with zero attached hydrogens (tertiary/aromatic N) is 1. The van der Waals surface area contributed by atoms with Gasteiger partial charge in [-0.2, -0.15) is 0 Å². The van der Waals surface area contributed by atoms with Gasteiger partial charge in [-0.25, -0.2) is 0 Å². The first-order valence-electron chi connectivity index (χ1n) is 7.83. The van der Waals surface area contributed by atoms with E-state index in [1.54, 1.807) is 0 Å². The number of halogens is 1. The fourth-order valence-electron chi connectivity index (χ4n) is 3.08. The lowest BCUT2D eigenvalue weighted by molar-refractivity contribution is 0.0635. The predicted molar refractivity (Wildman–Crippen MR) is 93.9 cm³/mol. The molecule has 0 saturated carbocycles. The average Bonchev–Trinajstić information content (AvgIpc) is 2.55. The second kappa shape index (κ2) is 6.66. The van der Waals surface area contributed by atoms with Crippen molar-refractivity contribution in [2.75, 3.05) is 6.54 Å². The van der Waals surface area contributed by atoms with E-state index in [1.807, 2.05) is 41.3 Å². The Bertz CT molecular complexity index is 683. The summed E-state index contributed by atoms with van der Waals surface area (Å²) < 4.78 is 1.05. The van der Waals surface area contributed by atoms with Crippen LogP contribution in [-0.4, -0.2) is 23.4 Å². The van der Waals surface area contributed by atoms with Crippen LogP contribution in [0.15, 0.2) is 53.0 Å². The topological polar surface area (TPSA) is 20.3 Å². The molecule has 2 aromatic carbocycles. The molecule has 3 heteroatoms. The Morgan fingerprint density at radius 1 is 1.14 bits per heavy atom. The molecule has 22 heavy (non-hydrogen) atoms. The van der Waals surface area contributed by atoms with Gasteiger partial charge >= 0.3 is 0 Å². The molecule has 1 heterocycles. The zero-order chi connectivity index (χ0) is 15.5. The fourth-order valence-corrected chi connectivity index (χ4v) is 3.59. The average molecular weight is 358 g/mol. The van der Waals surface area contributed by atoms with Crippen LogP contribution in [0.25, 0.3) is 11.1 Å². The fraction of sp³-hybridized carbons (Fsp3) is 0.316. The van der Waals surface area contributed by atoms with Crippen LogP contribution in [0.3, 0.4) is 0 Å². The second-order valence-corrected chi connectivity index (χ2v) is 6.76. The molecule has 0 radical (unpaired) electrons. The number of benzene rings is 2. The van der Waals surface area contributed by atoms with E-state index in [1.165, 1.54) is 6.42 Å². The van der Waals surface area contributed by atoms with Gasteiger partial charge in [0.25, 0.3) is 5.91 Å². The first kappa shape index (κ1) is 15.3. The molecule has 114 valence electrons. The van der Waals surface area contributed by atoms with Gasteiger partial charge in [0.1, 0.15) is 0 Å². The van der Waals surface area contributed by atoms with E-state index < -0.39 is 0 Å². The smallest absolute Gasteiger partial charge is 0.254 e. The monoisotopic (exact) mass is 357 g/mol. The van der Waals surface area contributed by atoms with E-state index in [0.717, 1.165) is 40.5 Å². The molecule has 1 aliphatic rings. The molecule has 1 atom stereocenters. The molecule has 0 spiro atoms. The van der Waals surface area contributed by atoms with Gasteiger partial charge in [-0.15, -0.1) is 0 Å². The number of likely N-dealkylation sites (tertiary alicyclic amines) is 1. The molecule has 0 N–H and O–H groups in total. The van der Waals surface area contributed by atoms with Crippen LogP contribution in [0.4, 0.5) is 0 Å². The Kier molecular flexibility index (Phi) is 4.63. The van der Waals surface area contributed by atoms with E-state index in [4.69, 9.17) is 0 Å². The Balaban J connectivity index is 1.91. The van der Waals surface area contributed by atoms with Crippen molar-refractivity contribution in [3.63, 3.8) is 0 Å². The quantitative estimate of drug-likeness (QED) is 0.729. The summed E-state index contributed by atoms with van der Waals surface area (Å²) in [6, 6.07) is 16.4. The van der Waals surface area contributed by atoms with E-state index >= 15 is 0 Å². The van der Waals surface area contributed by atoms with Gasteiger partial charge in [-0.3, -0.25) is 4.79 Å². The molecule has 3 rings (SSSR count). The minimum atomic E-state index is 0.154. The molecule has 2 nitrogen and oxygen atoms in total. The van der Waals surface area contributed by atoms with Crippen molar-refractivity contribution in [1.82, 2.24) is 4.90 Å². The second-order valence-electron chi connectivity index (χ2n) is 5.90. The van der Waals surface area contributed by atoms with Gasteiger partial charge in [0, 0.05) is 22.6 Å². The van der Waals surface area contributed by atoms with Crippen LogP contribution in [-0.2, 0) is 0 Å². The number of amides is 1. The summed E-state index contributed by atoms with van der Waals surface area (Å²) in [6.07, 6.45) is 3.44. The third kappa shape index (κ3) is 3.09. The SMILES string of the molecule is CC1CCCCN1C(=O)c1cccc(-c2ccccc2Br)c1. The first-order valence-corrected chi connectivity index (χ1v) is 8.62. The summed E-state index contributed by atoms with van der Waals surface area (Å²) >= 11 is 3.59. The van der Waals surface area contributed by atoms with E-state index in [9.17, 15) is 4.79 Å². The van der Waals surface area contributed by atoms with Gasteiger partial charge < -0.3 is 4.90 Å². The molecule has 1 fully saturated rings. The number of hydrogen-bond acceptors (Lipinski definition) is 1. The van der Waals surface area contributed by atoms with Crippen LogP contribution in [0.2, 0.25) is 0 Å². The van der Waals surface area contributed by atoms with Gasteiger partial charge in [0.2, 0.25) is 0 Å². The van der Waals surface area contributed by atoms with Crippen molar-refractivity contribution in [3.8, 4) is 11.1 Å². The van der Waals surface area contributed by atoms with Gasteiger partial charge in [0.05, 0.1) is 0 Å². The Morgan fingerprint density at radius 2 is 1.95 bits per heavy atom. The molecule has 1 saturated heterocycles. The summed E-state index contributed by atoms with van der Waals surface area (Å²) in [6.45, 7) is 3.02. The van der Waals surface area contributed by atoms with Crippen LogP contribution in [0.5, 0.6) is 0 Å². The third-order valence-corrected chi connectivity index (χ3v) is 5.05. The highest BCUT2D eigenvalue weighted by atomic mass is 79.9. The summed E-state index contributed by atoms with van der Waals surface area (Å²) in [7, 11) is 0. The summed E-state index contributed by atoms with van der Waals surface area (Å²) in [5, 5.41) is 0. The molecule has 1 aliphatic heterocycles. The van der Waals surface area contributed by atoms with Crippen molar-refractivity contribution in [1.29, 1.82) is 0 Å². The van der Waals surface area contributed by atoms with Crippen molar-refractivity contribution >= 4 is 21.8 Å². The number of rotatable bonds is 2. The minimum absolute atomic E-state index is 0.154. The van der Waals surface area contributed by atoms with Crippen LogP contribution in [0.1, 0.15) is 36.5 Å². The number of carbonyl (C=O) groups excluding carboxylic acids is 1. The summed E-state index contributed by atoms with van der Waals surface area (Å²) in [4.78, 5) is 14.8. The maximum Gasteiger partial charge on any atom is 0.254 e. The molecule has 0 aromatic heterocycles. The number of piperidine rings is 1. The molecule has 1 unspecified atom stereocenters. The molecule has 2 aromatic rings. The third-order valence-electron chi connectivity index (χ3n) is 4.36. The van der Waals surface area contributed by atoms with E-state index in [-0.39, 0.29) is 5.91 Å². The molecular weight excluding hydrogens is 338 g/mol. The zero-order valence-corrected chi connectivity index (χ0v) is 14.3. The van der Waals surface area contributed by atoms with Crippen LogP contribution >= 0.6 is 15.9 Å². The highest BCUT2D eigenvalue weighted by Crippen LogP contribution is 2.29. The molecular formula is C19H20BrNO. The van der Waals surface area contributed by atoms with Gasteiger partial charge in [0.15, 0.2) is 0 Å². The number of carbonyl (C=O) groups is 1. The Hall–Kier alpha value is -1.61. The lowest BCUT2D eigenvalue weighted by Gasteiger charge is -2.33. The largest absolute Gasteiger partial charge is 0.336 e. The molecule has 1 amide bonds. The van der Waals surface area contributed by atoms with Crippen LogP contribution < -0.4 is 0 Å². The van der Waals surface area contributed by atoms with Crippen LogP contribution in [0, 0.1) is 0 Å². The van der Waals surface area contributed by atoms with Gasteiger partial charge in [-0.05, 0) is 55.5 Å². The van der Waals surface area contributed by atoms with Gasteiger partial charge in [-0.1, -0.05) is 46.3 Å². The minimum Gasteiger partial charge on any atom is -0.336 e. The lowest BCUT2D eigenvalue weighted by Crippen LogP contribution is -2.42. The highest BCUT2D eigenvalue weighted by molar-refractivity contribution is 9.10. The van der Waals surface area contributed by atoms with Crippen molar-refractivity contribution in [3.05, 3.63) is 58.6 Å². The highest BCUT2D eigenvalue weighted by Gasteiger charge is 2.24. The Morgan fingerprint density at radius 3 is 2.73 bits per heavy atom.